The van der Waals surface area contributed by atoms with Crippen molar-refractivity contribution < 1.29 is 9.47 Å². The van der Waals surface area contributed by atoms with Gasteiger partial charge < -0.3 is 14.0 Å². The van der Waals surface area contributed by atoms with Crippen molar-refractivity contribution in [1.82, 2.24) is 24.6 Å². The van der Waals surface area contributed by atoms with Crippen LogP contribution in [0.4, 0.5) is 0 Å². The van der Waals surface area contributed by atoms with Gasteiger partial charge in [0.05, 0.1) is 25.3 Å². The van der Waals surface area contributed by atoms with E-state index >= 15 is 0 Å². The Morgan fingerprint density at radius 1 is 1.14 bits per heavy atom. The van der Waals surface area contributed by atoms with Crippen LogP contribution in [0, 0.1) is 0 Å². The predicted octanol–water partition coefficient (Wildman–Crippen LogP) is 3.87. The Balaban J connectivity index is 1.37. The summed E-state index contributed by atoms with van der Waals surface area (Å²) in [6.45, 7) is 4.76. The highest BCUT2D eigenvalue weighted by atomic mass is 32.1. The van der Waals surface area contributed by atoms with Gasteiger partial charge in [0.2, 0.25) is 0 Å². The van der Waals surface area contributed by atoms with Gasteiger partial charge in [-0.3, -0.25) is 4.90 Å². The van der Waals surface area contributed by atoms with Crippen molar-refractivity contribution >= 4 is 11.3 Å². The predicted molar refractivity (Wildman–Crippen MR) is 111 cm³/mol. The fraction of sp³-hybridized carbons (Fsp3) is 0.476. The minimum atomic E-state index is 0.165. The molecule has 8 heteroatoms. The number of nitrogens with zero attached hydrogens (tertiary/aromatic N) is 5. The summed E-state index contributed by atoms with van der Waals surface area (Å²) in [7, 11) is 3.37. The number of methoxy groups -OCH3 is 2. The summed E-state index contributed by atoms with van der Waals surface area (Å²) in [6.07, 6.45) is 2.54. The van der Waals surface area contributed by atoms with Crippen LogP contribution in [0.3, 0.4) is 0 Å². The molecular weight excluding hydrogens is 386 g/mol. The summed E-state index contributed by atoms with van der Waals surface area (Å²) in [5, 5.41) is 12.4. The summed E-state index contributed by atoms with van der Waals surface area (Å²) in [5.41, 5.74) is 2.11. The van der Waals surface area contributed by atoms with E-state index in [4.69, 9.17) is 14.5 Å². The van der Waals surface area contributed by atoms with Gasteiger partial charge in [-0.15, -0.1) is 21.5 Å². The van der Waals surface area contributed by atoms with Crippen LogP contribution in [-0.4, -0.2) is 45.4 Å². The number of thiazole rings is 1. The normalized spacial score (nSPS) is 19.2. The van der Waals surface area contributed by atoms with Crippen molar-refractivity contribution in [2.45, 2.75) is 44.8 Å². The van der Waals surface area contributed by atoms with Gasteiger partial charge in [-0.05, 0) is 25.8 Å². The second-order valence-electron chi connectivity index (χ2n) is 7.70. The molecule has 2 aromatic heterocycles. The molecule has 0 saturated heterocycles. The highest BCUT2D eigenvalue weighted by molar-refractivity contribution is 7.10. The quantitative estimate of drug-likeness (QED) is 0.613. The topological polar surface area (TPSA) is 65.3 Å². The molecule has 0 unspecified atom stereocenters. The lowest BCUT2D eigenvalue weighted by Crippen LogP contribution is -2.36. The molecule has 1 atom stereocenters. The Bertz CT molecular complexity index is 1030. The molecule has 2 aliphatic rings. The highest BCUT2D eigenvalue weighted by Crippen LogP contribution is 2.42. The lowest BCUT2D eigenvalue weighted by Gasteiger charge is -2.33. The molecule has 29 heavy (non-hydrogen) atoms. The minimum Gasteiger partial charge on any atom is -0.497 e. The average molecular weight is 412 g/mol. The number of aromatic nitrogens is 4. The third-order valence-corrected chi connectivity index (χ3v) is 6.86. The summed E-state index contributed by atoms with van der Waals surface area (Å²) >= 11 is 1.75. The van der Waals surface area contributed by atoms with Crippen molar-refractivity contribution in [3.05, 3.63) is 40.0 Å². The van der Waals surface area contributed by atoms with Gasteiger partial charge in [-0.1, -0.05) is 6.07 Å². The monoisotopic (exact) mass is 411 g/mol. The van der Waals surface area contributed by atoms with Gasteiger partial charge in [-0.2, -0.15) is 0 Å². The van der Waals surface area contributed by atoms with Crippen LogP contribution in [0.15, 0.2) is 23.6 Å². The third-order valence-electron chi connectivity index (χ3n) is 5.86. The second-order valence-corrected chi connectivity index (χ2v) is 8.59. The SMILES string of the molecule is COc1ccc(CN2CCn3c(-c4csc(C5CC5)n4)nnc3[C@H]2C)c(OC)c1. The summed E-state index contributed by atoms with van der Waals surface area (Å²) < 4.78 is 13.1. The van der Waals surface area contributed by atoms with E-state index in [1.165, 1.54) is 17.8 Å². The lowest BCUT2D eigenvalue weighted by molar-refractivity contribution is 0.155. The number of ether oxygens (including phenoxy) is 2. The van der Waals surface area contributed by atoms with E-state index in [0.29, 0.717) is 5.92 Å². The zero-order valence-corrected chi connectivity index (χ0v) is 17.8. The van der Waals surface area contributed by atoms with Crippen molar-refractivity contribution in [3.63, 3.8) is 0 Å². The fourth-order valence-electron chi connectivity index (χ4n) is 3.94. The first-order valence-electron chi connectivity index (χ1n) is 10.0. The molecule has 0 N–H and O–H groups in total. The van der Waals surface area contributed by atoms with Crippen LogP contribution < -0.4 is 9.47 Å². The van der Waals surface area contributed by atoms with Crippen molar-refractivity contribution in [2.24, 2.45) is 0 Å². The summed E-state index contributed by atoms with van der Waals surface area (Å²) in [4.78, 5) is 7.24. The van der Waals surface area contributed by atoms with E-state index in [2.05, 4.69) is 38.0 Å². The minimum absolute atomic E-state index is 0.165. The zero-order chi connectivity index (χ0) is 20.0. The first-order valence-corrected chi connectivity index (χ1v) is 10.9. The van der Waals surface area contributed by atoms with Gasteiger partial charge in [0.15, 0.2) is 11.6 Å². The van der Waals surface area contributed by atoms with Crippen molar-refractivity contribution in [2.75, 3.05) is 20.8 Å². The Labute approximate surface area is 174 Å². The van der Waals surface area contributed by atoms with E-state index in [1.807, 2.05) is 12.1 Å². The number of rotatable bonds is 6. The smallest absolute Gasteiger partial charge is 0.183 e. The van der Waals surface area contributed by atoms with E-state index in [9.17, 15) is 0 Å². The molecular formula is C21H25N5O2S. The highest BCUT2D eigenvalue weighted by Gasteiger charge is 2.31. The zero-order valence-electron chi connectivity index (χ0n) is 17.0. The van der Waals surface area contributed by atoms with Crippen LogP contribution in [0.2, 0.25) is 0 Å². The molecule has 1 aliphatic heterocycles. The lowest BCUT2D eigenvalue weighted by atomic mass is 10.1. The third kappa shape index (κ3) is 3.40. The second kappa shape index (κ2) is 7.42. The van der Waals surface area contributed by atoms with E-state index in [-0.39, 0.29) is 6.04 Å². The molecule has 0 amide bonds. The van der Waals surface area contributed by atoms with Gasteiger partial charge in [0.25, 0.3) is 0 Å². The summed E-state index contributed by atoms with van der Waals surface area (Å²) in [6, 6.07) is 6.15. The molecule has 1 saturated carbocycles. The Kier molecular flexibility index (Phi) is 4.75. The first kappa shape index (κ1) is 18.6. The van der Waals surface area contributed by atoms with E-state index in [0.717, 1.165) is 54.0 Å². The number of hydrogen-bond acceptors (Lipinski definition) is 7. The van der Waals surface area contributed by atoms with Crippen molar-refractivity contribution in [1.29, 1.82) is 0 Å². The van der Waals surface area contributed by atoms with Gasteiger partial charge in [0, 0.05) is 42.6 Å². The summed E-state index contributed by atoms with van der Waals surface area (Å²) in [5.74, 6) is 4.22. The van der Waals surface area contributed by atoms with Crippen LogP contribution in [0.5, 0.6) is 11.5 Å². The Morgan fingerprint density at radius 2 is 2.00 bits per heavy atom. The average Bonchev–Trinajstić information content (AvgIpc) is 3.32. The van der Waals surface area contributed by atoms with E-state index in [1.54, 1.807) is 25.6 Å². The number of benzene rings is 1. The van der Waals surface area contributed by atoms with E-state index < -0.39 is 0 Å². The fourth-order valence-corrected chi connectivity index (χ4v) is 4.91. The molecule has 1 aliphatic carbocycles. The largest absolute Gasteiger partial charge is 0.497 e. The molecule has 0 bridgehead atoms. The maximum absolute atomic E-state index is 5.58. The van der Waals surface area contributed by atoms with Crippen LogP contribution in [-0.2, 0) is 13.1 Å². The Morgan fingerprint density at radius 3 is 2.76 bits per heavy atom. The van der Waals surface area contributed by atoms with Crippen molar-refractivity contribution in [3.8, 4) is 23.0 Å². The van der Waals surface area contributed by atoms with Crippen LogP contribution in [0.25, 0.3) is 11.5 Å². The molecule has 3 aromatic rings. The Hall–Kier alpha value is -2.45. The first-order chi connectivity index (χ1) is 14.2. The number of hydrogen-bond donors (Lipinski definition) is 0. The number of fused-ring (bicyclic) bond motifs is 1. The molecule has 1 fully saturated rings. The van der Waals surface area contributed by atoms with Crippen LogP contribution >= 0.6 is 11.3 Å². The molecule has 0 spiro atoms. The molecule has 1 aromatic carbocycles. The van der Waals surface area contributed by atoms with Gasteiger partial charge in [-0.25, -0.2) is 4.98 Å². The maximum atomic E-state index is 5.58. The van der Waals surface area contributed by atoms with Gasteiger partial charge in [0.1, 0.15) is 17.2 Å². The molecule has 0 radical (unpaired) electrons. The maximum Gasteiger partial charge on any atom is 0.183 e. The molecule has 5 rings (SSSR count). The molecule has 152 valence electrons. The van der Waals surface area contributed by atoms with Crippen LogP contribution in [0.1, 0.15) is 48.1 Å². The standard InChI is InChI=1S/C21H25N5O2S/c1-13-19-23-24-20(17-12-29-21(22-17)14-4-5-14)26(19)9-8-25(13)11-15-6-7-16(27-2)10-18(15)28-3/h6-7,10,12-14H,4-5,8-9,11H2,1-3H3/t13-/m1/s1. The molecule has 3 heterocycles. The van der Waals surface area contributed by atoms with Gasteiger partial charge >= 0.3 is 0 Å². The molecule has 7 nitrogen and oxygen atoms in total.